The minimum absolute atomic E-state index is 0.0202. The Hall–Kier alpha value is -1.09. The molecule has 112 valence electrons. The quantitative estimate of drug-likeness (QED) is 0.739. The van der Waals surface area contributed by atoms with Gasteiger partial charge in [-0.1, -0.05) is 23.8 Å². The summed E-state index contributed by atoms with van der Waals surface area (Å²) >= 11 is 1.94. The third-order valence-corrected chi connectivity index (χ3v) is 6.03. The van der Waals surface area contributed by atoms with Crippen molar-refractivity contribution in [3.05, 3.63) is 34.9 Å². The minimum atomic E-state index is -0.509. The molecule has 0 bridgehead atoms. The second kappa shape index (κ2) is 5.60. The predicted octanol–water partition coefficient (Wildman–Crippen LogP) is 3.83. The van der Waals surface area contributed by atoms with Gasteiger partial charge in [0.05, 0.1) is 0 Å². The minimum Gasteiger partial charge on any atom is -0.299 e. The third kappa shape index (κ3) is 2.80. The number of hydrogen-bond donors (Lipinski definition) is 0. The summed E-state index contributed by atoms with van der Waals surface area (Å²) in [6, 6.07) is 6.08. The normalized spacial score (nSPS) is 22.8. The third-order valence-electron chi connectivity index (χ3n) is 5.04. The van der Waals surface area contributed by atoms with Crippen molar-refractivity contribution < 1.29 is 9.59 Å². The Morgan fingerprint density at radius 2 is 1.67 bits per heavy atom. The lowest BCUT2D eigenvalue weighted by atomic mass is 9.64. The van der Waals surface area contributed by atoms with Gasteiger partial charge in [0.25, 0.3) is 0 Å². The summed E-state index contributed by atoms with van der Waals surface area (Å²) in [6.45, 7) is 4.01. The molecule has 2 fully saturated rings. The molecule has 1 heterocycles. The van der Waals surface area contributed by atoms with Crippen molar-refractivity contribution in [3.63, 3.8) is 0 Å². The lowest BCUT2D eigenvalue weighted by molar-refractivity contribution is -0.137. The number of aryl methyl sites for hydroxylation is 2. The Bertz CT molecular complexity index is 565. The number of carbonyl (C=O) groups excluding carboxylic acids is 2. The summed E-state index contributed by atoms with van der Waals surface area (Å²) in [5, 5.41) is 0. The maximum Gasteiger partial charge on any atom is 0.148 e. The fourth-order valence-corrected chi connectivity index (χ4v) is 5.12. The Labute approximate surface area is 130 Å². The van der Waals surface area contributed by atoms with Gasteiger partial charge in [-0.2, -0.15) is 11.8 Å². The highest BCUT2D eigenvalue weighted by atomic mass is 32.2. The molecule has 0 N–H and O–H groups in total. The Morgan fingerprint density at radius 3 is 2.29 bits per heavy atom. The van der Waals surface area contributed by atoms with Crippen LogP contribution in [0, 0.1) is 19.3 Å². The lowest BCUT2D eigenvalue weighted by Crippen LogP contribution is -2.41. The Morgan fingerprint density at radius 1 is 1.05 bits per heavy atom. The highest BCUT2D eigenvalue weighted by Crippen LogP contribution is 2.47. The monoisotopic (exact) mass is 302 g/mol. The molecule has 1 aromatic carbocycles. The van der Waals surface area contributed by atoms with E-state index in [4.69, 9.17) is 0 Å². The number of benzene rings is 1. The van der Waals surface area contributed by atoms with Crippen LogP contribution in [-0.2, 0) is 9.59 Å². The van der Waals surface area contributed by atoms with E-state index < -0.39 is 5.92 Å². The van der Waals surface area contributed by atoms with Crippen LogP contribution in [-0.4, -0.2) is 23.1 Å². The zero-order chi connectivity index (χ0) is 15.0. The molecule has 0 aromatic heterocycles. The zero-order valence-corrected chi connectivity index (χ0v) is 13.6. The molecule has 0 atom stereocenters. The zero-order valence-electron chi connectivity index (χ0n) is 12.8. The summed E-state index contributed by atoms with van der Waals surface area (Å²) in [6.07, 6.45) is 3.23. The molecule has 0 amide bonds. The number of Topliss-reactive ketones (excluding diaryl/α,β-unsaturated/α-hetero) is 2. The van der Waals surface area contributed by atoms with E-state index >= 15 is 0 Å². The molecule has 1 aromatic rings. The molecule has 1 aliphatic heterocycles. The number of rotatable bonds is 1. The summed E-state index contributed by atoms with van der Waals surface area (Å²) in [5.41, 5.74) is 3.09. The molecular formula is C18H22O2S. The second-order valence-corrected chi connectivity index (χ2v) is 7.92. The van der Waals surface area contributed by atoms with Gasteiger partial charge >= 0.3 is 0 Å². The van der Waals surface area contributed by atoms with E-state index in [2.05, 4.69) is 0 Å². The summed E-state index contributed by atoms with van der Waals surface area (Å²) < 4.78 is 0. The number of ketones is 2. The molecule has 3 rings (SSSR count). The van der Waals surface area contributed by atoms with Gasteiger partial charge in [-0.3, -0.25) is 9.59 Å². The average molecular weight is 302 g/mol. The van der Waals surface area contributed by atoms with Crippen molar-refractivity contribution in [2.45, 2.75) is 45.4 Å². The van der Waals surface area contributed by atoms with Crippen LogP contribution in [0.4, 0.5) is 0 Å². The van der Waals surface area contributed by atoms with Gasteiger partial charge in [0.15, 0.2) is 0 Å². The van der Waals surface area contributed by atoms with Crippen molar-refractivity contribution in [1.29, 1.82) is 0 Å². The van der Waals surface area contributed by atoms with Crippen molar-refractivity contribution in [3.8, 4) is 0 Å². The first-order valence-corrected chi connectivity index (χ1v) is 8.87. The van der Waals surface area contributed by atoms with Crippen molar-refractivity contribution in [2.24, 2.45) is 5.41 Å². The topological polar surface area (TPSA) is 34.1 Å². The van der Waals surface area contributed by atoms with E-state index in [9.17, 15) is 9.59 Å². The van der Waals surface area contributed by atoms with Gasteiger partial charge in [0, 0.05) is 12.8 Å². The van der Waals surface area contributed by atoms with Crippen LogP contribution in [0.5, 0.6) is 0 Å². The summed E-state index contributed by atoms with van der Waals surface area (Å²) in [5.74, 6) is 1.97. The highest BCUT2D eigenvalue weighted by Gasteiger charge is 2.46. The molecule has 1 saturated heterocycles. The predicted molar refractivity (Wildman–Crippen MR) is 86.9 cm³/mol. The van der Waals surface area contributed by atoms with Crippen molar-refractivity contribution in [2.75, 3.05) is 11.5 Å². The number of carbonyl (C=O) groups is 2. The molecule has 2 nitrogen and oxygen atoms in total. The van der Waals surface area contributed by atoms with Gasteiger partial charge in [-0.15, -0.1) is 0 Å². The lowest BCUT2D eigenvalue weighted by Gasteiger charge is -2.41. The van der Waals surface area contributed by atoms with E-state index in [1.807, 2.05) is 43.8 Å². The fraction of sp³-hybridized carbons (Fsp3) is 0.556. The molecule has 1 aliphatic carbocycles. The van der Waals surface area contributed by atoms with Crippen LogP contribution in [0.25, 0.3) is 0 Å². The first-order chi connectivity index (χ1) is 10.0. The Kier molecular flexibility index (Phi) is 3.96. The molecule has 0 radical (unpaired) electrons. The van der Waals surface area contributed by atoms with Crippen LogP contribution in [0.2, 0.25) is 0 Å². The standard InChI is InChI=1S/C18H22O2S/c1-12-3-4-13(2)14(9-12)17-15(19)10-18(11-16(17)20)5-7-21-8-6-18/h3-4,9,17H,5-8,10-11H2,1-2H3. The van der Waals surface area contributed by atoms with E-state index in [0.29, 0.717) is 12.8 Å². The highest BCUT2D eigenvalue weighted by molar-refractivity contribution is 7.99. The van der Waals surface area contributed by atoms with Crippen LogP contribution in [0.3, 0.4) is 0 Å². The maximum atomic E-state index is 12.7. The van der Waals surface area contributed by atoms with E-state index in [0.717, 1.165) is 41.0 Å². The number of hydrogen-bond acceptors (Lipinski definition) is 3. The van der Waals surface area contributed by atoms with Crippen LogP contribution < -0.4 is 0 Å². The average Bonchev–Trinajstić information content (AvgIpc) is 2.42. The molecule has 1 spiro atoms. The largest absolute Gasteiger partial charge is 0.299 e. The summed E-state index contributed by atoms with van der Waals surface area (Å²) in [4.78, 5) is 25.4. The molecule has 2 aliphatic rings. The Balaban J connectivity index is 1.90. The van der Waals surface area contributed by atoms with E-state index in [1.54, 1.807) is 0 Å². The molecule has 1 saturated carbocycles. The van der Waals surface area contributed by atoms with E-state index in [1.165, 1.54) is 0 Å². The molecule has 3 heteroatoms. The van der Waals surface area contributed by atoms with Gasteiger partial charge in [-0.25, -0.2) is 0 Å². The maximum absolute atomic E-state index is 12.7. The van der Waals surface area contributed by atoms with Gasteiger partial charge < -0.3 is 0 Å². The first-order valence-electron chi connectivity index (χ1n) is 7.71. The fourth-order valence-electron chi connectivity index (χ4n) is 3.76. The van der Waals surface area contributed by atoms with Gasteiger partial charge in [0.2, 0.25) is 0 Å². The second-order valence-electron chi connectivity index (χ2n) is 6.69. The van der Waals surface area contributed by atoms with Crippen molar-refractivity contribution >= 4 is 23.3 Å². The van der Waals surface area contributed by atoms with Gasteiger partial charge in [-0.05, 0) is 54.7 Å². The van der Waals surface area contributed by atoms with E-state index in [-0.39, 0.29) is 17.0 Å². The smallest absolute Gasteiger partial charge is 0.148 e. The SMILES string of the molecule is Cc1ccc(C)c(C2C(=O)CC3(CCSCC3)CC2=O)c1. The van der Waals surface area contributed by atoms with Crippen LogP contribution >= 0.6 is 11.8 Å². The van der Waals surface area contributed by atoms with Crippen LogP contribution in [0.15, 0.2) is 18.2 Å². The first kappa shape index (κ1) is 14.8. The number of thioether (sulfide) groups is 1. The van der Waals surface area contributed by atoms with Gasteiger partial charge in [0.1, 0.15) is 17.5 Å². The van der Waals surface area contributed by atoms with Crippen molar-refractivity contribution in [1.82, 2.24) is 0 Å². The summed E-state index contributed by atoms with van der Waals surface area (Å²) in [7, 11) is 0. The van der Waals surface area contributed by atoms with Crippen LogP contribution in [0.1, 0.15) is 48.3 Å². The molecule has 21 heavy (non-hydrogen) atoms. The molecular weight excluding hydrogens is 280 g/mol. The molecule has 0 unspecified atom stereocenters.